The van der Waals surface area contributed by atoms with Crippen LogP contribution in [0.5, 0.6) is 0 Å². The molecule has 3 aromatic rings. The molecule has 30 heavy (non-hydrogen) atoms. The van der Waals surface area contributed by atoms with Crippen LogP contribution in [0, 0.1) is 10.8 Å². The van der Waals surface area contributed by atoms with Crippen LogP contribution in [0.3, 0.4) is 0 Å². The van der Waals surface area contributed by atoms with E-state index in [4.69, 9.17) is 0 Å². The van der Waals surface area contributed by atoms with Crippen molar-refractivity contribution in [3.63, 3.8) is 0 Å². The lowest BCUT2D eigenvalue weighted by molar-refractivity contribution is 0.200. The molecular weight excluding hydrogens is 379 g/mol. The number of benzene rings is 3. The maximum absolute atomic E-state index is 2.49. The molecule has 0 atom stereocenters. The molecule has 158 valence electrons. The summed E-state index contributed by atoms with van der Waals surface area (Å²) < 4.78 is 0. The van der Waals surface area contributed by atoms with Crippen LogP contribution in [0.25, 0.3) is 0 Å². The lowest BCUT2D eigenvalue weighted by atomic mass is 9.74. The summed E-state index contributed by atoms with van der Waals surface area (Å²) in [5, 5.41) is 4.47. The molecule has 0 aliphatic heterocycles. The first-order chi connectivity index (χ1) is 14.3. The van der Waals surface area contributed by atoms with Crippen LogP contribution in [-0.2, 0) is 0 Å². The summed E-state index contributed by atoms with van der Waals surface area (Å²) in [6.45, 7) is 12.2. The maximum atomic E-state index is 2.49. The highest BCUT2D eigenvalue weighted by Gasteiger charge is 2.49. The monoisotopic (exact) mass is 417 g/mol. The average Bonchev–Trinajstić information content (AvgIpc) is 2.73. The first-order valence-corrected chi connectivity index (χ1v) is 13.3. The zero-order chi connectivity index (χ0) is 21.7. The van der Waals surface area contributed by atoms with E-state index in [0.717, 1.165) is 0 Å². The molecule has 0 N–H and O–H groups in total. The Labute approximate surface area is 185 Å². The molecule has 0 heterocycles. The van der Waals surface area contributed by atoms with Crippen molar-refractivity contribution in [3.05, 3.63) is 91.0 Å². The molecule has 0 aliphatic rings. The first kappa shape index (κ1) is 22.8. The Bertz CT molecular complexity index is 798. The molecule has 1 heteroatoms. The van der Waals surface area contributed by atoms with Gasteiger partial charge in [-0.15, -0.1) is 0 Å². The highest BCUT2D eigenvalue weighted by molar-refractivity contribution is 7.95. The summed E-state index contributed by atoms with van der Waals surface area (Å²) in [6.07, 6.45) is 4.95. The standard InChI is InChI=1S/C29H38P/c1-6-22-28(2,3)23-29(4,5)24-30(25-16-10-7-11-17-25,26-18-12-8-13-19-26)27-20-14-9-15-21-27/h7-21H,6,22-24H2,1-5H3/q+1. The van der Waals surface area contributed by atoms with Gasteiger partial charge >= 0.3 is 0 Å². The molecule has 0 nitrogen and oxygen atoms in total. The molecule has 0 bridgehead atoms. The molecule has 0 spiro atoms. The van der Waals surface area contributed by atoms with Crippen LogP contribution < -0.4 is 15.9 Å². The van der Waals surface area contributed by atoms with Crippen LogP contribution in [0.1, 0.15) is 53.9 Å². The third-order valence-corrected chi connectivity index (χ3v) is 11.0. The normalized spacial score (nSPS) is 12.7. The third-order valence-electron chi connectivity index (χ3n) is 6.14. The fraction of sp³-hybridized carbons (Fsp3) is 0.379. The van der Waals surface area contributed by atoms with E-state index in [-0.39, 0.29) is 5.41 Å². The Balaban J connectivity index is 2.19. The minimum atomic E-state index is -1.78. The van der Waals surface area contributed by atoms with E-state index in [9.17, 15) is 0 Å². The van der Waals surface area contributed by atoms with Crippen molar-refractivity contribution in [1.29, 1.82) is 0 Å². The summed E-state index contributed by atoms with van der Waals surface area (Å²) in [5.41, 5.74) is 0.589. The van der Waals surface area contributed by atoms with Gasteiger partial charge in [-0.25, -0.2) is 0 Å². The summed E-state index contributed by atoms with van der Waals surface area (Å²) in [6, 6.07) is 33.9. The molecule has 0 amide bonds. The molecule has 0 unspecified atom stereocenters. The van der Waals surface area contributed by atoms with Gasteiger partial charge in [0.1, 0.15) is 23.2 Å². The van der Waals surface area contributed by atoms with E-state index in [1.807, 2.05) is 0 Å². The molecule has 0 radical (unpaired) electrons. The lowest BCUT2D eigenvalue weighted by Gasteiger charge is -2.39. The van der Waals surface area contributed by atoms with Gasteiger partial charge in [0.25, 0.3) is 0 Å². The molecular formula is C29H38P+. The van der Waals surface area contributed by atoms with Gasteiger partial charge in [-0.05, 0) is 54.7 Å². The lowest BCUT2D eigenvalue weighted by Crippen LogP contribution is -2.39. The van der Waals surface area contributed by atoms with Crippen molar-refractivity contribution in [2.45, 2.75) is 53.9 Å². The average molecular weight is 418 g/mol. The second-order valence-corrected chi connectivity index (χ2v) is 13.7. The van der Waals surface area contributed by atoms with Gasteiger partial charge in [0.2, 0.25) is 0 Å². The van der Waals surface area contributed by atoms with Gasteiger partial charge in [0.15, 0.2) is 0 Å². The van der Waals surface area contributed by atoms with E-state index in [2.05, 4.69) is 126 Å². The van der Waals surface area contributed by atoms with Gasteiger partial charge in [0, 0.05) is 5.41 Å². The molecule has 0 aromatic heterocycles. The number of hydrogen-bond donors (Lipinski definition) is 0. The van der Waals surface area contributed by atoms with Gasteiger partial charge < -0.3 is 0 Å². The maximum Gasteiger partial charge on any atom is 0.112 e. The Kier molecular flexibility index (Phi) is 7.20. The summed E-state index contributed by atoms with van der Waals surface area (Å²) in [5.74, 6) is 0. The van der Waals surface area contributed by atoms with Gasteiger partial charge in [-0.2, -0.15) is 0 Å². The first-order valence-electron chi connectivity index (χ1n) is 11.3. The minimum Gasteiger partial charge on any atom is -0.0654 e. The van der Waals surface area contributed by atoms with E-state index >= 15 is 0 Å². The fourth-order valence-corrected chi connectivity index (χ4v) is 10.4. The van der Waals surface area contributed by atoms with Crippen molar-refractivity contribution in [2.75, 3.05) is 6.16 Å². The second-order valence-electron chi connectivity index (χ2n) is 10.2. The van der Waals surface area contributed by atoms with Crippen LogP contribution >= 0.6 is 7.26 Å². The molecule has 0 aliphatic carbocycles. The van der Waals surface area contributed by atoms with E-state index in [1.54, 1.807) is 0 Å². The number of rotatable bonds is 9. The zero-order valence-corrected chi connectivity index (χ0v) is 20.3. The van der Waals surface area contributed by atoms with Gasteiger partial charge in [0.05, 0.1) is 6.16 Å². The molecule has 0 saturated carbocycles. The van der Waals surface area contributed by atoms with Crippen LogP contribution in [0.2, 0.25) is 0 Å². The van der Waals surface area contributed by atoms with Crippen molar-refractivity contribution in [1.82, 2.24) is 0 Å². The summed E-state index contributed by atoms with van der Waals surface area (Å²) >= 11 is 0. The summed E-state index contributed by atoms with van der Waals surface area (Å²) in [4.78, 5) is 0. The largest absolute Gasteiger partial charge is 0.112 e. The van der Waals surface area contributed by atoms with Gasteiger partial charge in [-0.1, -0.05) is 95.6 Å². The Morgan fingerprint density at radius 3 is 1.27 bits per heavy atom. The molecule has 3 aromatic carbocycles. The SMILES string of the molecule is CCCC(C)(C)CC(C)(C)C[P+](c1ccccc1)(c1ccccc1)c1ccccc1. The molecule has 0 saturated heterocycles. The summed E-state index contributed by atoms with van der Waals surface area (Å²) in [7, 11) is -1.78. The van der Waals surface area contributed by atoms with Crippen molar-refractivity contribution < 1.29 is 0 Å². The van der Waals surface area contributed by atoms with E-state index in [0.29, 0.717) is 5.41 Å². The van der Waals surface area contributed by atoms with Crippen LogP contribution in [0.4, 0.5) is 0 Å². The van der Waals surface area contributed by atoms with Crippen LogP contribution in [0.15, 0.2) is 91.0 Å². The Morgan fingerprint density at radius 2 is 0.933 bits per heavy atom. The minimum absolute atomic E-state index is 0.230. The fourth-order valence-electron chi connectivity index (χ4n) is 5.53. The van der Waals surface area contributed by atoms with Crippen LogP contribution in [-0.4, -0.2) is 6.16 Å². The zero-order valence-electron chi connectivity index (χ0n) is 19.4. The third kappa shape index (κ3) is 5.22. The van der Waals surface area contributed by atoms with Gasteiger partial charge in [-0.3, -0.25) is 0 Å². The van der Waals surface area contributed by atoms with E-state index < -0.39 is 7.26 Å². The second kappa shape index (κ2) is 9.49. The topological polar surface area (TPSA) is 0 Å². The molecule has 0 fully saturated rings. The predicted molar refractivity (Wildman–Crippen MR) is 137 cm³/mol. The van der Waals surface area contributed by atoms with Crippen molar-refractivity contribution >= 4 is 23.2 Å². The van der Waals surface area contributed by atoms with Crippen molar-refractivity contribution in [2.24, 2.45) is 10.8 Å². The highest BCUT2D eigenvalue weighted by atomic mass is 31.2. The smallest absolute Gasteiger partial charge is 0.0654 e. The molecule has 3 rings (SSSR count). The highest BCUT2D eigenvalue weighted by Crippen LogP contribution is 2.60. The van der Waals surface area contributed by atoms with Crippen molar-refractivity contribution in [3.8, 4) is 0 Å². The Hall–Kier alpha value is -1.91. The Morgan fingerprint density at radius 1 is 0.567 bits per heavy atom. The van der Waals surface area contributed by atoms with E-state index in [1.165, 1.54) is 41.3 Å². The predicted octanol–water partition coefficient (Wildman–Crippen LogP) is 7.22. The quantitative estimate of drug-likeness (QED) is 0.322. The number of hydrogen-bond acceptors (Lipinski definition) is 0.